The van der Waals surface area contributed by atoms with Crippen LogP contribution in [-0.2, 0) is 0 Å². The molecule has 0 saturated carbocycles. The minimum Gasteiger partial charge on any atom is -0.497 e. The van der Waals surface area contributed by atoms with E-state index in [0.717, 1.165) is 31.3 Å². The van der Waals surface area contributed by atoms with Crippen molar-refractivity contribution in [3.05, 3.63) is 63.3 Å². The Morgan fingerprint density at radius 1 is 1.05 bits per heavy atom. The summed E-state index contributed by atoms with van der Waals surface area (Å²) in [5.41, 5.74) is 7.39. The third-order valence-electron chi connectivity index (χ3n) is 3.33. The van der Waals surface area contributed by atoms with Gasteiger partial charge in [-0.2, -0.15) is 0 Å². The van der Waals surface area contributed by atoms with Crippen LogP contribution in [0.5, 0.6) is 5.75 Å². The first-order chi connectivity index (χ1) is 9.67. The summed E-state index contributed by atoms with van der Waals surface area (Å²) in [7, 11) is 1.67. The molecular weight excluding hydrogens is 290 g/mol. The summed E-state index contributed by atoms with van der Waals surface area (Å²) in [4.78, 5) is 1.07. The van der Waals surface area contributed by atoms with Gasteiger partial charge in [0.2, 0.25) is 0 Å². The highest BCUT2D eigenvalue weighted by Crippen LogP contribution is 2.31. The van der Waals surface area contributed by atoms with Gasteiger partial charge in [0.1, 0.15) is 5.75 Å². The zero-order valence-electron chi connectivity index (χ0n) is 11.0. The van der Waals surface area contributed by atoms with Gasteiger partial charge in [-0.3, -0.25) is 0 Å². The molecule has 1 atom stereocenters. The van der Waals surface area contributed by atoms with E-state index in [-0.39, 0.29) is 6.04 Å². The van der Waals surface area contributed by atoms with Gasteiger partial charge in [-0.15, -0.1) is 11.3 Å². The Labute approximate surface area is 126 Å². The second kappa shape index (κ2) is 5.44. The monoisotopic (exact) mass is 303 g/mol. The number of thiophene rings is 1. The Kier molecular flexibility index (Phi) is 3.66. The lowest BCUT2D eigenvalue weighted by atomic mass is 10.0. The van der Waals surface area contributed by atoms with E-state index in [1.807, 2.05) is 30.3 Å². The first kappa shape index (κ1) is 13.4. The molecule has 2 nitrogen and oxygen atoms in total. The largest absolute Gasteiger partial charge is 0.497 e. The standard InChI is InChI=1S/C16H14ClNOS/c1-19-13-5-4-10-8-12(3-2-11(10)9-13)16(18)14-6-7-15(17)20-14/h2-9,16H,18H2,1H3. The van der Waals surface area contributed by atoms with Crippen molar-refractivity contribution in [2.45, 2.75) is 6.04 Å². The fourth-order valence-electron chi connectivity index (χ4n) is 2.22. The Balaban J connectivity index is 2.00. The molecular formula is C16H14ClNOS. The maximum atomic E-state index is 6.30. The molecule has 1 aromatic heterocycles. The van der Waals surface area contributed by atoms with Crippen LogP contribution in [0.4, 0.5) is 0 Å². The van der Waals surface area contributed by atoms with E-state index in [4.69, 9.17) is 22.1 Å². The van der Waals surface area contributed by atoms with Crippen LogP contribution in [0.2, 0.25) is 4.34 Å². The van der Waals surface area contributed by atoms with Crippen molar-refractivity contribution in [2.75, 3.05) is 7.11 Å². The highest BCUT2D eigenvalue weighted by atomic mass is 35.5. The quantitative estimate of drug-likeness (QED) is 0.767. The molecule has 3 rings (SSSR count). The number of ether oxygens (including phenoxy) is 1. The van der Waals surface area contributed by atoms with E-state index in [1.54, 1.807) is 7.11 Å². The maximum absolute atomic E-state index is 6.30. The Bertz CT molecular complexity index is 753. The lowest BCUT2D eigenvalue weighted by Crippen LogP contribution is -2.09. The average Bonchev–Trinajstić information content (AvgIpc) is 2.92. The van der Waals surface area contributed by atoms with Crippen LogP contribution in [-0.4, -0.2) is 7.11 Å². The summed E-state index contributed by atoms with van der Waals surface area (Å²) >= 11 is 7.49. The number of halogens is 1. The third kappa shape index (κ3) is 2.52. The molecule has 0 aliphatic rings. The molecule has 0 fully saturated rings. The van der Waals surface area contributed by atoms with Crippen molar-refractivity contribution in [3.8, 4) is 5.75 Å². The van der Waals surface area contributed by atoms with Gasteiger partial charge in [-0.1, -0.05) is 29.8 Å². The van der Waals surface area contributed by atoms with Crippen LogP contribution < -0.4 is 10.5 Å². The smallest absolute Gasteiger partial charge is 0.119 e. The predicted molar refractivity (Wildman–Crippen MR) is 85.9 cm³/mol. The van der Waals surface area contributed by atoms with Crippen molar-refractivity contribution in [3.63, 3.8) is 0 Å². The van der Waals surface area contributed by atoms with Crippen LogP contribution >= 0.6 is 22.9 Å². The van der Waals surface area contributed by atoms with E-state index in [9.17, 15) is 0 Å². The first-order valence-corrected chi connectivity index (χ1v) is 7.45. The minimum atomic E-state index is -0.140. The molecule has 0 saturated heterocycles. The average molecular weight is 304 g/mol. The zero-order chi connectivity index (χ0) is 14.1. The van der Waals surface area contributed by atoms with E-state index < -0.39 is 0 Å². The lowest BCUT2D eigenvalue weighted by molar-refractivity contribution is 0.415. The SMILES string of the molecule is COc1ccc2cc(C(N)c3ccc(Cl)s3)ccc2c1. The van der Waals surface area contributed by atoms with Crippen molar-refractivity contribution in [1.29, 1.82) is 0 Å². The normalized spacial score (nSPS) is 12.6. The van der Waals surface area contributed by atoms with Gasteiger partial charge >= 0.3 is 0 Å². The van der Waals surface area contributed by atoms with Crippen molar-refractivity contribution in [1.82, 2.24) is 0 Å². The van der Waals surface area contributed by atoms with Gasteiger partial charge in [-0.25, -0.2) is 0 Å². The van der Waals surface area contributed by atoms with Crippen LogP contribution in [0.1, 0.15) is 16.5 Å². The molecule has 20 heavy (non-hydrogen) atoms. The molecule has 2 aromatic carbocycles. The fraction of sp³-hybridized carbons (Fsp3) is 0.125. The molecule has 0 radical (unpaired) electrons. The van der Waals surface area contributed by atoms with Gasteiger partial charge < -0.3 is 10.5 Å². The van der Waals surface area contributed by atoms with Crippen molar-refractivity contribution in [2.24, 2.45) is 5.73 Å². The van der Waals surface area contributed by atoms with Gasteiger partial charge in [-0.05, 0) is 46.7 Å². The summed E-state index contributed by atoms with van der Waals surface area (Å²) in [5.74, 6) is 0.861. The highest BCUT2D eigenvalue weighted by Gasteiger charge is 2.12. The van der Waals surface area contributed by atoms with E-state index in [2.05, 4.69) is 18.2 Å². The minimum absolute atomic E-state index is 0.140. The van der Waals surface area contributed by atoms with Crippen LogP contribution in [0.15, 0.2) is 48.5 Å². The number of hydrogen-bond donors (Lipinski definition) is 1. The summed E-state index contributed by atoms with van der Waals surface area (Å²) < 4.78 is 6.00. The van der Waals surface area contributed by atoms with Gasteiger partial charge in [0.05, 0.1) is 17.5 Å². The number of fused-ring (bicyclic) bond motifs is 1. The van der Waals surface area contributed by atoms with Crippen molar-refractivity contribution >= 4 is 33.7 Å². The molecule has 102 valence electrons. The molecule has 1 unspecified atom stereocenters. The first-order valence-electron chi connectivity index (χ1n) is 6.26. The second-order valence-electron chi connectivity index (χ2n) is 4.59. The van der Waals surface area contributed by atoms with Gasteiger partial charge in [0, 0.05) is 4.88 Å². The summed E-state index contributed by atoms with van der Waals surface area (Å²) in [6, 6.07) is 16.0. The summed E-state index contributed by atoms with van der Waals surface area (Å²) in [6.45, 7) is 0. The number of methoxy groups -OCH3 is 1. The van der Waals surface area contributed by atoms with Gasteiger partial charge in [0.25, 0.3) is 0 Å². The third-order valence-corrected chi connectivity index (χ3v) is 4.65. The number of benzene rings is 2. The highest BCUT2D eigenvalue weighted by molar-refractivity contribution is 7.16. The maximum Gasteiger partial charge on any atom is 0.119 e. The topological polar surface area (TPSA) is 35.2 Å². The van der Waals surface area contributed by atoms with Crippen LogP contribution in [0, 0.1) is 0 Å². The number of hydrogen-bond acceptors (Lipinski definition) is 3. The van der Waals surface area contributed by atoms with E-state index in [0.29, 0.717) is 0 Å². The van der Waals surface area contributed by atoms with E-state index in [1.165, 1.54) is 11.3 Å². The molecule has 0 spiro atoms. The van der Waals surface area contributed by atoms with E-state index >= 15 is 0 Å². The molecule has 2 N–H and O–H groups in total. The second-order valence-corrected chi connectivity index (χ2v) is 6.34. The lowest BCUT2D eigenvalue weighted by Gasteiger charge is -2.11. The fourth-order valence-corrected chi connectivity index (χ4v) is 3.31. The Morgan fingerprint density at radius 3 is 2.50 bits per heavy atom. The van der Waals surface area contributed by atoms with Gasteiger partial charge in [0.15, 0.2) is 0 Å². The Hall–Kier alpha value is -1.55. The summed E-state index contributed by atoms with van der Waals surface area (Å²) in [6.07, 6.45) is 0. The number of nitrogens with two attached hydrogens (primary N) is 1. The molecule has 4 heteroatoms. The van der Waals surface area contributed by atoms with Crippen molar-refractivity contribution < 1.29 is 4.74 Å². The molecule has 0 amide bonds. The zero-order valence-corrected chi connectivity index (χ0v) is 12.5. The number of rotatable bonds is 3. The molecule has 1 heterocycles. The Morgan fingerprint density at radius 2 is 1.80 bits per heavy atom. The van der Waals surface area contributed by atoms with Crippen LogP contribution in [0.25, 0.3) is 10.8 Å². The molecule has 3 aromatic rings. The summed E-state index contributed by atoms with van der Waals surface area (Å²) in [5, 5.41) is 2.30. The predicted octanol–water partition coefficient (Wildman–Crippen LogP) is 4.61. The van der Waals surface area contributed by atoms with Crippen LogP contribution in [0.3, 0.4) is 0 Å². The molecule has 0 bridgehead atoms. The molecule has 0 aliphatic carbocycles. The molecule has 0 aliphatic heterocycles.